The van der Waals surface area contributed by atoms with Gasteiger partial charge in [-0.15, -0.1) is 0 Å². The summed E-state index contributed by atoms with van der Waals surface area (Å²) >= 11 is 0. The van der Waals surface area contributed by atoms with Crippen LogP contribution in [0.1, 0.15) is 56.9 Å². The number of rotatable bonds is 5. The largest absolute Gasteiger partial charge is 0.338 e. The highest BCUT2D eigenvalue weighted by molar-refractivity contribution is 5.89. The summed E-state index contributed by atoms with van der Waals surface area (Å²) in [7, 11) is 0. The summed E-state index contributed by atoms with van der Waals surface area (Å²) in [5, 5.41) is 6.14. The molecule has 1 aromatic rings. The molecule has 1 aromatic carbocycles. The Kier molecular flexibility index (Phi) is 4.56. The van der Waals surface area contributed by atoms with Crippen LogP contribution in [0.4, 0.5) is 10.5 Å². The van der Waals surface area contributed by atoms with E-state index >= 15 is 0 Å². The Morgan fingerprint density at radius 3 is 2.25 bits per heavy atom. The Balaban J connectivity index is 1.12. The van der Waals surface area contributed by atoms with E-state index in [9.17, 15) is 9.59 Å². The zero-order valence-corrected chi connectivity index (χ0v) is 16.6. The third-order valence-electron chi connectivity index (χ3n) is 7.55. The van der Waals surface area contributed by atoms with E-state index in [1.54, 1.807) is 0 Å². The van der Waals surface area contributed by atoms with Crippen LogP contribution in [0.5, 0.6) is 0 Å². The van der Waals surface area contributed by atoms with E-state index in [0.29, 0.717) is 18.4 Å². The lowest BCUT2D eigenvalue weighted by atomic mass is 9.49. The highest BCUT2D eigenvalue weighted by Gasteiger charge is 2.50. The number of urea groups is 1. The highest BCUT2D eigenvalue weighted by Crippen LogP contribution is 2.59. The Bertz CT molecular complexity index is 722. The number of nitrogens with one attached hydrogen (secondary N) is 2. The molecule has 5 nitrogen and oxygen atoms in total. The smallest absolute Gasteiger partial charge is 0.319 e. The minimum atomic E-state index is -0.0989. The normalized spacial score (nSPS) is 33.4. The molecule has 5 aliphatic rings. The number of amides is 3. The molecule has 5 fully saturated rings. The predicted octanol–water partition coefficient (Wildman–Crippen LogP) is 4.15. The van der Waals surface area contributed by atoms with Crippen LogP contribution in [-0.2, 0) is 11.3 Å². The highest BCUT2D eigenvalue weighted by atomic mass is 16.2. The monoisotopic (exact) mass is 381 g/mol. The Hall–Kier alpha value is -2.04. The van der Waals surface area contributed by atoms with Crippen LogP contribution in [0, 0.1) is 23.2 Å². The van der Waals surface area contributed by atoms with Gasteiger partial charge < -0.3 is 15.5 Å². The molecule has 5 heteroatoms. The van der Waals surface area contributed by atoms with Gasteiger partial charge in [-0.05, 0) is 85.8 Å². The lowest BCUT2D eigenvalue weighted by Crippen LogP contribution is -2.51. The van der Waals surface area contributed by atoms with Crippen LogP contribution >= 0.6 is 0 Å². The third-order valence-corrected chi connectivity index (χ3v) is 7.55. The maximum atomic E-state index is 12.4. The topological polar surface area (TPSA) is 61.4 Å². The van der Waals surface area contributed by atoms with Gasteiger partial charge >= 0.3 is 6.03 Å². The second-order valence-corrected chi connectivity index (χ2v) is 9.84. The van der Waals surface area contributed by atoms with Gasteiger partial charge in [-0.25, -0.2) is 4.79 Å². The van der Waals surface area contributed by atoms with E-state index in [1.165, 1.54) is 38.5 Å². The summed E-state index contributed by atoms with van der Waals surface area (Å²) < 4.78 is 0. The molecule has 4 saturated carbocycles. The fourth-order valence-electron chi connectivity index (χ4n) is 6.73. The molecule has 0 atom stereocenters. The standard InChI is InChI=1S/C23H31N3O2/c27-21-2-1-7-26(21)14-16-3-5-20(6-4-16)25-22(28)24-15-23-11-17-8-18(12-23)10-19(9-17)13-23/h3-6,17-19H,1-2,7-15H2,(H2,24,25,28). The number of carbonyl (C=O) groups excluding carboxylic acids is 2. The van der Waals surface area contributed by atoms with Gasteiger partial charge in [0.2, 0.25) is 5.91 Å². The van der Waals surface area contributed by atoms with E-state index in [0.717, 1.165) is 48.5 Å². The molecule has 2 N–H and O–H groups in total. The van der Waals surface area contributed by atoms with E-state index < -0.39 is 0 Å². The van der Waals surface area contributed by atoms with Crippen LogP contribution in [0.2, 0.25) is 0 Å². The molecule has 150 valence electrons. The lowest BCUT2D eigenvalue weighted by Gasteiger charge is -2.56. The van der Waals surface area contributed by atoms with Crippen molar-refractivity contribution in [2.45, 2.75) is 57.9 Å². The number of hydrogen-bond acceptors (Lipinski definition) is 2. The van der Waals surface area contributed by atoms with Crippen molar-refractivity contribution >= 4 is 17.6 Å². The summed E-state index contributed by atoms with van der Waals surface area (Å²) in [5.74, 6) is 2.97. The van der Waals surface area contributed by atoms with Crippen molar-refractivity contribution in [1.29, 1.82) is 0 Å². The lowest BCUT2D eigenvalue weighted by molar-refractivity contribution is -0.128. The Morgan fingerprint density at radius 2 is 1.68 bits per heavy atom. The third kappa shape index (κ3) is 3.63. The van der Waals surface area contributed by atoms with Gasteiger partial charge in [0, 0.05) is 31.7 Å². The summed E-state index contributed by atoms with van der Waals surface area (Å²) in [4.78, 5) is 26.1. The molecular formula is C23H31N3O2. The van der Waals surface area contributed by atoms with Crippen LogP contribution < -0.4 is 10.6 Å². The minimum absolute atomic E-state index is 0.0989. The minimum Gasteiger partial charge on any atom is -0.338 e. The molecular weight excluding hydrogens is 350 g/mol. The molecule has 28 heavy (non-hydrogen) atoms. The van der Waals surface area contributed by atoms with Crippen molar-refractivity contribution in [2.75, 3.05) is 18.4 Å². The van der Waals surface area contributed by atoms with Gasteiger partial charge in [-0.3, -0.25) is 4.79 Å². The van der Waals surface area contributed by atoms with Crippen LogP contribution in [0.15, 0.2) is 24.3 Å². The summed E-state index contributed by atoms with van der Waals surface area (Å²) in [6.07, 6.45) is 9.85. The fraction of sp³-hybridized carbons (Fsp3) is 0.652. The first kappa shape index (κ1) is 18.0. The van der Waals surface area contributed by atoms with E-state index in [2.05, 4.69) is 10.6 Å². The number of anilines is 1. The Labute approximate surface area is 167 Å². The first-order valence-corrected chi connectivity index (χ1v) is 11.0. The maximum Gasteiger partial charge on any atom is 0.319 e. The molecule has 1 saturated heterocycles. The number of hydrogen-bond donors (Lipinski definition) is 2. The molecule has 0 spiro atoms. The average molecular weight is 382 g/mol. The predicted molar refractivity (Wildman–Crippen MR) is 109 cm³/mol. The molecule has 4 aliphatic carbocycles. The molecule has 0 unspecified atom stereocenters. The quantitative estimate of drug-likeness (QED) is 0.805. The average Bonchev–Trinajstić information content (AvgIpc) is 3.05. The number of nitrogens with zero attached hydrogens (tertiary/aromatic N) is 1. The van der Waals surface area contributed by atoms with Crippen molar-refractivity contribution in [3.8, 4) is 0 Å². The second-order valence-electron chi connectivity index (χ2n) is 9.84. The van der Waals surface area contributed by atoms with Crippen LogP contribution in [0.3, 0.4) is 0 Å². The van der Waals surface area contributed by atoms with Crippen LogP contribution in [0.25, 0.3) is 0 Å². The fourth-order valence-corrected chi connectivity index (χ4v) is 6.73. The van der Waals surface area contributed by atoms with Crippen molar-refractivity contribution in [3.05, 3.63) is 29.8 Å². The molecule has 3 amide bonds. The van der Waals surface area contributed by atoms with Gasteiger partial charge in [0.25, 0.3) is 0 Å². The van der Waals surface area contributed by atoms with Crippen molar-refractivity contribution in [3.63, 3.8) is 0 Å². The second kappa shape index (κ2) is 7.09. The van der Waals surface area contributed by atoms with Gasteiger partial charge in [-0.2, -0.15) is 0 Å². The van der Waals surface area contributed by atoms with Gasteiger partial charge in [0.1, 0.15) is 0 Å². The van der Waals surface area contributed by atoms with Gasteiger partial charge in [-0.1, -0.05) is 12.1 Å². The van der Waals surface area contributed by atoms with Crippen molar-refractivity contribution in [1.82, 2.24) is 10.2 Å². The van der Waals surface area contributed by atoms with Crippen LogP contribution in [-0.4, -0.2) is 29.9 Å². The van der Waals surface area contributed by atoms with Gasteiger partial charge in [0.15, 0.2) is 0 Å². The molecule has 0 radical (unpaired) electrons. The summed E-state index contributed by atoms with van der Waals surface area (Å²) in [6, 6.07) is 7.76. The van der Waals surface area contributed by atoms with E-state index in [-0.39, 0.29) is 11.9 Å². The summed E-state index contributed by atoms with van der Waals surface area (Å²) in [6.45, 7) is 2.33. The maximum absolute atomic E-state index is 12.4. The first-order valence-electron chi connectivity index (χ1n) is 11.0. The summed E-state index contributed by atoms with van der Waals surface area (Å²) in [5.41, 5.74) is 2.27. The SMILES string of the molecule is O=C(NCC12CC3CC(CC(C3)C1)C2)Nc1ccc(CN2CCCC2=O)cc1. The number of likely N-dealkylation sites (tertiary alicyclic amines) is 1. The van der Waals surface area contributed by atoms with E-state index in [4.69, 9.17) is 0 Å². The number of carbonyl (C=O) groups is 2. The zero-order valence-electron chi connectivity index (χ0n) is 16.6. The van der Waals surface area contributed by atoms with Crippen molar-refractivity contribution < 1.29 is 9.59 Å². The van der Waals surface area contributed by atoms with Gasteiger partial charge in [0.05, 0.1) is 0 Å². The molecule has 1 heterocycles. The van der Waals surface area contributed by atoms with E-state index in [1.807, 2.05) is 29.2 Å². The molecule has 4 bridgehead atoms. The first-order chi connectivity index (χ1) is 13.6. The zero-order chi connectivity index (χ0) is 19.1. The molecule has 6 rings (SSSR count). The Morgan fingerprint density at radius 1 is 1.04 bits per heavy atom. The molecule has 1 aliphatic heterocycles. The molecule has 0 aromatic heterocycles. The number of benzene rings is 1. The van der Waals surface area contributed by atoms with Crippen molar-refractivity contribution in [2.24, 2.45) is 23.2 Å².